The van der Waals surface area contributed by atoms with Gasteiger partial charge in [0.1, 0.15) is 0 Å². The summed E-state index contributed by atoms with van der Waals surface area (Å²) in [6.45, 7) is 10.3. The van der Waals surface area contributed by atoms with Gasteiger partial charge >= 0.3 is 0 Å². The highest BCUT2D eigenvalue weighted by Gasteiger charge is 2.06. The SMILES string of the molecule is Cc1nc(Cl)c(NCCCCN(C)C(C)C)nc1C. The summed E-state index contributed by atoms with van der Waals surface area (Å²) in [6.07, 6.45) is 2.26. The van der Waals surface area contributed by atoms with Gasteiger partial charge in [-0.3, -0.25) is 0 Å². The van der Waals surface area contributed by atoms with Crippen LogP contribution in [-0.2, 0) is 0 Å². The minimum atomic E-state index is 0.461. The molecule has 1 rings (SSSR count). The van der Waals surface area contributed by atoms with Crippen LogP contribution in [0.3, 0.4) is 0 Å². The number of hydrogen-bond donors (Lipinski definition) is 1. The van der Waals surface area contributed by atoms with E-state index in [2.05, 4.69) is 41.1 Å². The Morgan fingerprint density at radius 1 is 1.16 bits per heavy atom. The number of unbranched alkanes of at least 4 members (excludes halogenated alkanes) is 1. The van der Waals surface area contributed by atoms with E-state index >= 15 is 0 Å². The van der Waals surface area contributed by atoms with Gasteiger partial charge in [0.05, 0.1) is 11.4 Å². The van der Waals surface area contributed by atoms with Gasteiger partial charge in [0.2, 0.25) is 0 Å². The van der Waals surface area contributed by atoms with Gasteiger partial charge in [-0.25, -0.2) is 9.97 Å². The maximum Gasteiger partial charge on any atom is 0.171 e. The van der Waals surface area contributed by atoms with Crippen molar-refractivity contribution >= 4 is 17.4 Å². The van der Waals surface area contributed by atoms with E-state index in [1.165, 1.54) is 0 Å². The van der Waals surface area contributed by atoms with Crippen LogP contribution in [-0.4, -0.2) is 41.0 Å². The van der Waals surface area contributed by atoms with Crippen molar-refractivity contribution in [1.29, 1.82) is 0 Å². The van der Waals surface area contributed by atoms with Crippen molar-refractivity contribution in [3.63, 3.8) is 0 Å². The average molecular weight is 285 g/mol. The smallest absolute Gasteiger partial charge is 0.171 e. The van der Waals surface area contributed by atoms with Gasteiger partial charge in [-0.2, -0.15) is 0 Å². The fourth-order valence-electron chi connectivity index (χ4n) is 1.64. The zero-order valence-electron chi connectivity index (χ0n) is 12.6. The molecule has 0 amide bonds. The van der Waals surface area contributed by atoms with Gasteiger partial charge in [-0.15, -0.1) is 0 Å². The summed E-state index contributed by atoms with van der Waals surface area (Å²) in [6, 6.07) is 0.605. The summed E-state index contributed by atoms with van der Waals surface area (Å²) < 4.78 is 0. The molecule has 0 unspecified atom stereocenters. The first-order chi connectivity index (χ1) is 8.91. The van der Waals surface area contributed by atoms with Gasteiger partial charge in [0, 0.05) is 12.6 Å². The van der Waals surface area contributed by atoms with Crippen molar-refractivity contribution in [3.8, 4) is 0 Å². The van der Waals surface area contributed by atoms with E-state index in [0.29, 0.717) is 17.0 Å². The molecule has 0 saturated carbocycles. The summed E-state index contributed by atoms with van der Waals surface area (Å²) in [5.41, 5.74) is 1.81. The Morgan fingerprint density at radius 3 is 2.42 bits per heavy atom. The fourth-order valence-corrected chi connectivity index (χ4v) is 1.88. The average Bonchev–Trinajstić information content (AvgIpc) is 2.34. The van der Waals surface area contributed by atoms with Crippen LogP contribution in [0.5, 0.6) is 0 Å². The molecule has 0 bridgehead atoms. The third-order valence-corrected chi connectivity index (χ3v) is 3.64. The van der Waals surface area contributed by atoms with Crippen molar-refractivity contribution in [2.45, 2.75) is 46.6 Å². The van der Waals surface area contributed by atoms with Crippen LogP contribution in [0.2, 0.25) is 5.15 Å². The molecule has 1 N–H and O–H groups in total. The summed E-state index contributed by atoms with van der Waals surface area (Å²) in [5.74, 6) is 0.696. The molecule has 5 heteroatoms. The zero-order valence-corrected chi connectivity index (χ0v) is 13.4. The number of hydrogen-bond acceptors (Lipinski definition) is 4. The standard InChI is InChI=1S/C14H25ClN4/c1-10(2)19(5)9-7-6-8-16-14-13(15)17-11(3)12(4)18-14/h10H,6-9H2,1-5H3,(H,16,18). The van der Waals surface area contributed by atoms with E-state index in [9.17, 15) is 0 Å². The molecule has 0 aromatic carbocycles. The summed E-state index contributed by atoms with van der Waals surface area (Å²) in [5, 5.41) is 3.72. The number of halogens is 1. The molecule has 0 atom stereocenters. The van der Waals surface area contributed by atoms with Crippen LogP contribution in [0.15, 0.2) is 0 Å². The molecule has 0 aliphatic heterocycles. The molecular formula is C14H25ClN4. The molecule has 1 aromatic rings. The fraction of sp³-hybridized carbons (Fsp3) is 0.714. The van der Waals surface area contributed by atoms with Crippen molar-refractivity contribution in [1.82, 2.24) is 14.9 Å². The highest BCUT2D eigenvalue weighted by molar-refractivity contribution is 6.31. The molecule has 0 fully saturated rings. The molecule has 4 nitrogen and oxygen atoms in total. The molecule has 0 aliphatic carbocycles. The van der Waals surface area contributed by atoms with Crippen LogP contribution >= 0.6 is 11.6 Å². The molecule has 1 aromatic heterocycles. The third kappa shape index (κ3) is 5.33. The molecular weight excluding hydrogens is 260 g/mol. The summed E-state index contributed by atoms with van der Waals surface area (Å²) in [4.78, 5) is 11.0. The van der Waals surface area contributed by atoms with Crippen molar-refractivity contribution in [2.75, 3.05) is 25.5 Å². The molecule has 0 aliphatic rings. The van der Waals surface area contributed by atoms with Crippen LogP contribution in [0, 0.1) is 13.8 Å². The van der Waals surface area contributed by atoms with Crippen LogP contribution in [0.25, 0.3) is 0 Å². The third-order valence-electron chi connectivity index (χ3n) is 3.38. The zero-order chi connectivity index (χ0) is 14.4. The Labute approximate surface area is 121 Å². The molecule has 0 saturated heterocycles. The van der Waals surface area contributed by atoms with Gasteiger partial charge in [0.25, 0.3) is 0 Å². The lowest BCUT2D eigenvalue weighted by atomic mass is 10.2. The quantitative estimate of drug-likeness (QED) is 0.780. The topological polar surface area (TPSA) is 41.1 Å². The van der Waals surface area contributed by atoms with Gasteiger partial charge < -0.3 is 10.2 Å². The molecule has 108 valence electrons. The van der Waals surface area contributed by atoms with E-state index in [4.69, 9.17) is 11.6 Å². The molecule has 0 radical (unpaired) electrons. The Balaban J connectivity index is 2.32. The number of nitrogens with one attached hydrogen (secondary N) is 1. The van der Waals surface area contributed by atoms with E-state index in [-0.39, 0.29) is 0 Å². The predicted octanol–water partition coefficient (Wildman–Crippen LogP) is 3.28. The first-order valence-electron chi connectivity index (χ1n) is 6.86. The number of aryl methyl sites for hydroxylation is 2. The second kappa shape index (κ2) is 7.65. The second-order valence-corrected chi connectivity index (χ2v) is 5.60. The van der Waals surface area contributed by atoms with E-state index in [0.717, 1.165) is 37.3 Å². The number of rotatable bonds is 7. The lowest BCUT2D eigenvalue weighted by Crippen LogP contribution is -2.27. The number of aromatic nitrogens is 2. The van der Waals surface area contributed by atoms with Crippen molar-refractivity contribution in [3.05, 3.63) is 16.5 Å². The Bertz CT molecular complexity index is 407. The Morgan fingerprint density at radius 2 is 1.79 bits per heavy atom. The maximum absolute atomic E-state index is 6.06. The number of anilines is 1. The lowest BCUT2D eigenvalue weighted by molar-refractivity contribution is 0.269. The maximum atomic E-state index is 6.06. The largest absolute Gasteiger partial charge is 0.368 e. The van der Waals surface area contributed by atoms with Crippen LogP contribution in [0.1, 0.15) is 38.1 Å². The summed E-state index contributed by atoms with van der Waals surface area (Å²) >= 11 is 6.06. The van der Waals surface area contributed by atoms with Gasteiger partial charge in [-0.1, -0.05) is 11.6 Å². The van der Waals surface area contributed by atoms with Crippen molar-refractivity contribution in [2.24, 2.45) is 0 Å². The number of nitrogens with zero attached hydrogens (tertiary/aromatic N) is 3. The van der Waals surface area contributed by atoms with Crippen LogP contribution < -0.4 is 5.32 Å². The van der Waals surface area contributed by atoms with Crippen molar-refractivity contribution < 1.29 is 0 Å². The minimum absolute atomic E-state index is 0.461. The molecule has 1 heterocycles. The molecule has 0 spiro atoms. The monoisotopic (exact) mass is 284 g/mol. The highest BCUT2D eigenvalue weighted by atomic mass is 35.5. The van der Waals surface area contributed by atoms with Gasteiger partial charge in [0.15, 0.2) is 11.0 Å². The normalized spacial score (nSPS) is 11.4. The van der Waals surface area contributed by atoms with E-state index in [1.807, 2.05) is 13.8 Å². The van der Waals surface area contributed by atoms with E-state index in [1.54, 1.807) is 0 Å². The van der Waals surface area contributed by atoms with Gasteiger partial charge in [-0.05, 0) is 54.1 Å². The lowest BCUT2D eigenvalue weighted by Gasteiger charge is -2.20. The van der Waals surface area contributed by atoms with E-state index < -0.39 is 0 Å². The first kappa shape index (κ1) is 16.2. The molecule has 19 heavy (non-hydrogen) atoms. The first-order valence-corrected chi connectivity index (χ1v) is 7.24. The highest BCUT2D eigenvalue weighted by Crippen LogP contribution is 2.18. The Kier molecular flexibility index (Phi) is 6.52. The minimum Gasteiger partial charge on any atom is -0.368 e. The predicted molar refractivity (Wildman–Crippen MR) is 82.0 cm³/mol. The van der Waals surface area contributed by atoms with Crippen LogP contribution in [0.4, 0.5) is 5.82 Å². The summed E-state index contributed by atoms with van der Waals surface area (Å²) in [7, 11) is 2.16. The Hall–Kier alpha value is -0.870. The second-order valence-electron chi connectivity index (χ2n) is 5.24.